The Kier molecular flexibility index (Phi) is 18.6. The highest BCUT2D eigenvalue weighted by Gasteiger charge is 2.33. The number of aliphatic imine (C=N–C) groups is 1. The maximum atomic E-state index is 14.5. The molecule has 0 unspecified atom stereocenters. The number of aromatic amines is 2. The fourth-order valence-corrected chi connectivity index (χ4v) is 7.38. The first kappa shape index (κ1) is 48.5. The van der Waals surface area contributed by atoms with Crippen LogP contribution in [0, 0.1) is 0 Å². The van der Waals surface area contributed by atoms with Crippen LogP contribution in [0.4, 0.5) is 0 Å². The molecule has 0 aliphatic rings. The summed E-state index contributed by atoms with van der Waals surface area (Å²) in [5.41, 5.74) is 14.5. The summed E-state index contributed by atoms with van der Waals surface area (Å²) in [6, 6.07) is 20.4. The van der Waals surface area contributed by atoms with Crippen molar-refractivity contribution in [2.24, 2.45) is 16.5 Å². The van der Waals surface area contributed by atoms with E-state index in [1.54, 1.807) is 59.5 Å². The molecule has 4 atom stereocenters. The summed E-state index contributed by atoms with van der Waals surface area (Å²) in [7, 11) is 0. The van der Waals surface area contributed by atoms with Crippen LogP contribution in [0.15, 0.2) is 109 Å². The molecule has 0 radical (unpaired) electrons. The number of amides is 6. The van der Waals surface area contributed by atoms with Crippen LogP contribution in [0.3, 0.4) is 0 Å². The minimum Gasteiger partial charge on any atom is -0.370 e. The maximum Gasteiger partial charge on any atom is 0.251 e. The number of benzene rings is 3. The van der Waals surface area contributed by atoms with E-state index in [-0.39, 0.29) is 50.5 Å². The zero-order valence-electron chi connectivity index (χ0n) is 36.8. The SMILES string of the molecule is CCCN(CCC)C(=O)[C@H](Cc1c[nH]c2ccccc12)NC(=O)[C@H](CCCN=C(N)N)NC(=O)[C@@H](Cc1ccccc1)NC(=O)[C@H](Cc1cnc[nH]1)NC(=O)CNC(=O)c1ccccc1. The lowest BCUT2D eigenvalue weighted by Crippen LogP contribution is -2.59. The lowest BCUT2D eigenvalue weighted by Gasteiger charge is -2.29. The summed E-state index contributed by atoms with van der Waals surface area (Å²) in [6.45, 7) is 4.69. The highest BCUT2D eigenvalue weighted by molar-refractivity contribution is 5.98. The normalized spacial score (nSPS) is 12.8. The fourth-order valence-electron chi connectivity index (χ4n) is 7.38. The smallest absolute Gasteiger partial charge is 0.251 e. The number of hydrogen-bond donors (Lipinski definition) is 9. The van der Waals surface area contributed by atoms with Crippen molar-refractivity contribution in [3.63, 3.8) is 0 Å². The molecule has 11 N–H and O–H groups in total. The first-order valence-electron chi connectivity index (χ1n) is 21.9. The number of nitrogens with zero attached hydrogens (tertiary/aromatic N) is 3. The zero-order valence-corrected chi connectivity index (χ0v) is 36.8. The number of carbonyl (C=O) groups is 6. The quantitative estimate of drug-likeness (QED) is 0.0235. The number of nitrogens with two attached hydrogens (primary N) is 2. The van der Waals surface area contributed by atoms with Crippen molar-refractivity contribution in [3.8, 4) is 0 Å². The fraction of sp³-hybridized carbons (Fsp3) is 0.362. The summed E-state index contributed by atoms with van der Waals surface area (Å²) in [5.74, 6) is -3.51. The molecule has 5 rings (SSSR count). The Labute approximate surface area is 378 Å². The van der Waals surface area contributed by atoms with E-state index in [0.29, 0.717) is 29.9 Å². The molecule has 65 heavy (non-hydrogen) atoms. The maximum absolute atomic E-state index is 14.5. The van der Waals surface area contributed by atoms with Gasteiger partial charge in [0.1, 0.15) is 24.2 Å². The number of rotatable bonds is 25. The van der Waals surface area contributed by atoms with Crippen LogP contribution in [0.2, 0.25) is 0 Å². The molecule has 0 saturated carbocycles. The second kappa shape index (κ2) is 25.0. The van der Waals surface area contributed by atoms with Gasteiger partial charge >= 0.3 is 0 Å². The lowest BCUT2D eigenvalue weighted by atomic mass is 10.0. The van der Waals surface area contributed by atoms with E-state index in [4.69, 9.17) is 11.5 Å². The Morgan fingerprint density at radius 2 is 1.32 bits per heavy atom. The molecular weight excluding hydrogens is 829 g/mol. The predicted molar refractivity (Wildman–Crippen MR) is 248 cm³/mol. The van der Waals surface area contributed by atoms with E-state index in [1.165, 1.54) is 12.5 Å². The van der Waals surface area contributed by atoms with E-state index < -0.39 is 60.2 Å². The third-order valence-corrected chi connectivity index (χ3v) is 10.6. The van der Waals surface area contributed by atoms with E-state index in [1.807, 2.05) is 50.4 Å². The molecule has 18 heteroatoms. The Morgan fingerprint density at radius 1 is 0.708 bits per heavy atom. The number of guanidine groups is 1. The van der Waals surface area contributed by atoms with Crippen LogP contribution >= 0.6 is 0 Å². The van der Waals surface area contributed by atoms with Crippen molar-refractivity contribution >= 4 is 52.3 Å². The number of imidazole rings is 1. The van der Waals surface area contributed by atoms with Gasteiger partial charge in [-0.3, -0.25) is 33.8 Å². The molecule has 2 aromatic heterocycles. The Balaban J connectivity index is 1.39. The van der Waals surface area contributed by atoms with Gasteiger partial charge in [0.05, 0.1) is 12.9 Å². The number of carbonyl (C=O) groups excluding carboxylic acids is 6. The van der Waals surface area contributed by atoms with E-state index >= 15 is 0 Å². The number of para-hydroxylation sites is 1. The van der Waals surface area contributed by atoms with Crippen LogP contribution in [-0.4, -0.2) is 112 Å². The van der Waals surface area contributed by atoms with Crippen LogP contribution in [-0.2, 0) is 43.2 Å². The number of H-pyrrole nitrogens is 2. The molecule has 5 aromatic rings. The van der Waals surface area contributed by atoms with Gasteiger partial charge in [0.15, 0.2) is 5.96 Å². The van der Waals surface area contributed by atoms with Crippen LogP contribution in [0.25, 0.3) is 10.9 Å². The minimum atomic E-state index is -1.25. The summed E-state index contributed by atoms with van der Waals surface area (Å²) in [6.07, 6.45) is 6.72. The van der Waals surface area contributed by atoms with Crippen molar-refractivity contribution in [1.82, 2.24) is 46.4 Å². The number of fused-ring (bicyclic) bond motifs is 1. The van der Waals surface area contributed by atoms with Crippen molar-refractivity contribution < 1.29 is 28.8 Å². The molecule has 0 bridgehead atoms. The third kappa shape index (κ3) is 15.1. The molecule has 0 aliphatic heterocycles. The summed E-state index contributed by atoms with van der Waals surface area (Å²) < 4.78 is 0. The largest absolute Gasteiger partial charge is 0.370 e. The molecule has 18 nitrogen and oxygen atoms in total. The van der Waals surface area contributed by atoms with Crippen LogP contribution in [0.1, 0.15) is 66.7 Å². The molecule has 344 valence electrons. The van der Waals surface area contributed by atoms with E-state index in [0.717, 1.165) is 29.3 Å². The van der Waals surface area contributed by atoms with Gasteiger partial charge in [-0.25, -0.2) is 4.98 Å². The highest BCUT2D eigenvalue weighted by atomic mass is 16.2. The average molecular weight is 889 g/mol. The van der Waals surface area contributed by atoms with Crippen LogP contribution in [0.5, 0.6) is 0 Å². The van der Waals surface area contributed by atoms with Crippen molar-refractivity contribution in [2.45, 2.75) is 83.0 Å². The van der Waals surface area contributed by atoms with E-state index in [2.05, 4.69) is 46.5 Å². The average Bonchev–Trinajstić information content (AvgIpc) is 3.98. The summed E-state index contributed by atoms with van der Waals surface area (Å²) in [4.78, 5) is 99.4. The predicted octanol–water partition coefficient (Wildman–Crippen LogP) is 1.99. The third-order valence-electron chi connectivity index (χ3n) is 10.6. The molecule has 3 aromatic carbocycles. The summed E-state index contributed by atoms with van der Waals surface area (Å²) >= 11 is 0. The second-order valence-electron chi connectivity index (χ2n) is 15.7. The van der Waals surface area contributed by atoms with Crippen LogP contribution < -0.4 is 38.1 Å². The van der Waals surface area contributed by atoms with E-state index in [9.17, 15) is 28.8 Å². The highest BCUT2D eigenvalue weighted by Crippen LogP contribution is 2.20. The Bertz CT molecular complexity index is 2340. The number of nitrogens with one attached hydrogen (secondary N) is 7. The molecular formula is C47H60N12O6. The van der Waals surface area contributed by atoms with Gasteiger partial charge in [-0.2, -0.15) is 0 Å². The van der Waals surface area contributed by atoms with Gasteiger partial charge in [-0.05, 0) is 55.0 Å². The minimum absolute atomic E-state index is 0.0171. The second-order valence-corrected chi connectivity index (χ2v) is 15.7. The van der Waals surface area contributed by atoms with Crippen molar-refractivity contribution in [3.05, 3.63) is 126 Å². The monoisotopic (exact) mass is 888 g/mol. The molecule has 2 heterocycles. The molecule has 0 fully saturated rings. The Hall–Kier alpha value is -7.50. The summed E-state index contributed by atoms with van der Waals surface area (Å²) in [5, 5.41) is 14.8. The molecule has 0 aliphatic carbocycles. The Morgan fingerprint density at radius 3 is 1.98 bits per heavy atom. The van der Waals surface area contributed by atoms with Gasteiger partial charge in [0, 0.05) is 73.5 Å². The van der Waals surface area contributed by atoms with Gasteiger partial charge in [-0.15, -0.1) is 0 Å². The van der Waals surface area contributed by atoms with Gasteiger partial charge < -0.3 is 52.9 Å². The lowest BCUT2D eigenvalue weighted by molar-refractivity contribution is -0.138. The van der Waals surface area contributed by atoms with Crippen molar-refractivity contribution in [2.75, 3.05) is 26.2 Å². The van der Waals surface area contributed by atoms with Gasteiger partial charge in [0.25, 0.3) is 5.91 Å². The number of hydrogen-bond acceptors (Lipinski definition) is 8. The van der Waals surface area contributed by atoms with Gasteiger partial charge in [0.2, 0.25) is 29.5 Å². The first-order chi connectivity index (χ1) is 31.4. The topological polar surface area (TPSA) is 275 Å². The molecule has 6 amide bonds. The molecule has 0 spiro atoms. The molecule has 0 saturated heterocycles. The van der Waals surface area contributed by atoms with Crippen molar-refractivity contribution in [1.29, 1.82) is 0 Å². The van der Waals surface area contributed by atoms with Gasteiger partial charge in [-0.1, -0.05) is 80.6 Å². The standard InChI is InChI=1S/C47H60N12O6/c1-3-22-59(23-4-2)46(65)40(25-33-27-52-36-19-12-11-18-35(33)36)58-43(62)37(20-13-21-51-47(48)49)56-44(63)38(24-31-14-7-5-8-15-31)57-45(64)39(26-34-28-50-30-54-34)55-41(60)29-53-42(61)32-16-9-6-10-17-32/h5-12,14-19,27-28,30,37-40,52H,3-4,13,20-26,29H2,1-2H3,(H,50,54)(H,53,61)(H,55,60)(H,56,63)(H,57,64)(H,58,62)(H4,48,49,51)/t37-,38+,39-,40-/m0/s1. The zero-order chi connectivity index (χ0) is 46.6. The number of aromatic nitrogens is 3. The first-order valence-corrected chi connectivity index (χ1v) is 21.9.